The topological polar surface area (TPSA) is 60.9 Å². The van der Waals surface area contributed by atoms with Crippen LogP contribution in [-0.4, -0.2) is 57.5 Å². The second-order valence-corrected chi connectivity index (χ2v) is 10.1. The Labute approximate surface area is 222 Å². The molecule has 1 N–H and O–H groups in total. The number of halogens is 1. The first-order valence-electron chi connectivity index (χ1n) is 13.1. The van der Waals surface area contributed by atoms with Gasteiger partial charge in [0.05, 0.1) is 5.92 Å². The predicted octanol–water partition coefficient (Wildman–Crippen LogP) is 4.92. The molecule has 2 aliphatic heterocycles. The van der Waals surface area contributed by atoms with Gasteiger partial charge in [-0.1, -0.05) is 72.5 Å². The lowest BCUT2D eigenvalue weighted by Crippen LogP contribution is -2.65. The van der Waals surface area contributed by atoms with E-state index >= 15 is 0 Å². The number of carbonyl (C=O) groups is 2. The van der Waals surface area contributed by atoms with Crippen molar-refractivity contribution in [1.82, 2.24) is 9.80 Å². The Hall–Kier alpha value is -3.95. The SMILES string of the molecule is CC(CC#Cc1ccc(F)cc1)N1[C@H]2CC[C@@H]1[C@@H](C(=O)O)N(C(=O)C(c1ccccc1)c1ccccc1)C2. The first-order chi connectivity index (χ1) is 18.4. The molecule has 0 aliphatic carbocycles. The van der Waals surface area contributed by atoms with Crippen molar-refractivity contribution in [1.29, 1.82) is 0 Å². The molecule has 1 amide bonds. The first-order valence-corrected chi connectivity index (χ1v) is 13.1. The fourth-order valence-electron chi connectivity index (χ4n) is 6.07. The van der Waals surface area contributed by atoms with E-state index in [0.717, 1.165) is 29.5 Å². The Balaban J connectivity index is 1.39. The largest absolute Gasteiger partial charge is 0.480 e. The van der Waals surface area contributed by atoms with Crippen LogP contribution in [0, 0.1) is 17.7 Å². The maximum Gasteiger partial charge on any atom is 0.328 e. The molecule has 2 heterocycles. The summed E-state index contributed by atoms with van der Waals surface area (Å²) in [7, 11) is 0. The van der Waals surface area contributed by atoms with Crippen LogP contribution in [0.4, 0.5) is 4.39 Å². The number of carbonyl (C=O) groups excluding carboxylic acids is 1. The molecule has 2 fully saturated rings. The number of carboxylic acid groups (broad SMARTS) is 1. The van der Waals surface area contributed by atoms with Gasteiger partial charge < -0.3 is 10.0 Å². The quantitative estimate of drug-likeness (QED) is 0.479. The van der Waals surface area contributed by atoms with Crippen LogP contribution in [0.25, 0.3) is 0 Å². The van der Waals surface area contributed by atoms with E-state index in [-0.39, 0.29) is 29.8 Å². The van der Waals surface area contributed by atoms with Gasteiger partial charge in [-0.15, -0.1) is 0 Å². The Bertz CT molecular complexity index is 1290. The van der Waals surface area contributed by atoms with Crippen molar-refractivity contribution in [2.45, 2.75) is 56.3 Å². The van der Waals surface area contributed by atoms with Gasteiger partial charge in [0.2, 0.25) is 5.91 Å². The number of nitrogens with zero attached hydrogens (tertiary/aromatic N) is 2. The van der Waals surface area contributed by atoms with Gasteiger partial charge in [0.1, 0.15) is 11.9 Å². The first kappa shape index (κ1) is 25.7. The molecule has 5 nitrogen and oxygen atoms in total. The predicted molar refractivity (Wildman–Crippen MR) is 144 cm³/mol. The Morgan fingerprint density at radius 1 is 0.947 bits per heavy atom. The van der Waals surface area contributed by atoms with E-state index in [9.17, 15) is 19.1 Å². The molecule has 3 aromatic rings. The summed E-state index contributed by atoms with van der Waals surface area (Å²) in [6, 6.07) is 24.1. The van der Waals surface area contributed by atoms with Gasteiger partial charge in [-0.2, -0.15) is 0 Å². The molecule has 6 heteroatoms. The molecule has 38 heavy (non-hydrogen) atoms. The van der Waals surface area contributed by atoms with Gasteiger partial charge in [0.25, 0.3) is 0 Å². The molecular weight excluding hydrogens is 479 g/mol. The minimum Gasteiger partial charge on any atom is -0.480 e. The van der Waals surface area contributed by atoms with Crippen LogP contribution in [-0.2, 0) is 9.59 Å². The highest BCUT2D eigenvalue weighted by Gasteiger charge is 2.52. The maximum absolute atomic E-state index is 14.2. The van der Waals surface area contributed by atoms with Crippen molar-refractivity contribution < 1.29 is 19.1 Å². The zero-order chi connectivity index (χ0) is 26.6. The number of fused-ring (bicyclic) bond motifs is 2. The molecule has 0 radical (unpaired) electrons. The van der Waals surface area contributed by atoms with Gasteiger partial charge in [0, 0.05) is 36.7 Å². The lowest BCUT2D eigenvalue weighted by Gasteiger charge is -2.48. The fraction of sp³-hybridized carbons (Fsp3) is 0.312. The number of aliphatic carboxylic acids is 1. The molecule has 2 bridgehead atoms. The van der Waals surface area contributed by atoms with E-state index in [4.69, 9.17) is 0 Å². The number of benzene rings is 3. The molecular formula is C32H31FN2O3. The molecule has 1 unspecified atom stereocenters. The summed E-state index contributed by atoms with van der Waals surface area (Å²) in [6.07, 6.45) is 2.12. The van der Waals surface area contributed by atoms with Crippen molar-refractivity contribution in [3.05, 3.63) is 107 Å². The highest BCUT2D eigenvalue weighted by atomic mass is 19.1. The lowest BCUT2D eigenvalue weighted by molar-refractivity contribution is -0.158. The third kappa shape index (κ3) is 5.20. The minimum absolute atomic E-state index is 0.0265. The van der Waals surface area contributed by atoms with E-state index in [1.54, 1.807) is 17.0 Å². The van der Waals surface area contributed by atoms with Gasteiger partial charge >= 0.3 is 5.97 Å². The number of amides is 1. The summed E-state index contributed by atoms with van der Waals surface area (Å²) >= 11 is 0. The van der Waals surface area contributed by atoms with Crippen LogP contribution >= 0.6 is 0 Å². The molecule has 0 saturated carbocycles. The van der Waals surface area contributed by atoms with E-state index in [2.05, 4.69) is 23.7 Å². The molecule has 2 saturated heterocycles. The normalized spacial score (nSPS) is 21.6. The van der Waals surface area contributed by atoms with E-state index in [1.165, 1.54) is 12.1 Å². The van der Waals surface area contributed by atoms with Gasteiger partial charge in [-0.05, 0) is 55.2 Å². The zero-order valence-corrected chi connectivity index (χ0v) is 21.3. The minimum atomic E-state index is -0.974. The van der Waals surface area contributed by atoms with Crippen molar-refractivity contribution in [3.8, 4) is 11.8 Å². The second-order valence-electron chi connectivity index (χ2n) is 10.1. The monoisotopic (exact) mass is 510 g/mol. The Morgan fingerprint density at radius 2 is 1.55 bits per heavy atom. The highest BCUT2D eigenvalue weighted by Crippen LogP contribution is 2.39. The number of rotatable bonds is 6. The summed E-state index contributed by atoms with van der Waals surface area (Å²) < 4.78 is 13.2. The number of hydrogen-bond acceptors (Lipinski definition) is 3. The molecule has 2 aliphatic rings. The van der Waals surface area contributed by atoms with Gasteiger partial charge in [-0.3, -0.25) is 9.69 Å². The number of piperazine rings is 1. The lowest BCUT2D eigenvalue weighted by atomic mass is 9.88. The van der Waals surface area contributed by atoms with Gasteiger partial charge in [-0.25, -0.2) is 9.18 Å². The van der Waals surface area contributed by atoms with Crippen LogP contribution in [0.2, 0.25) is 0 Å². The van der Waals surface area contributed by atoms with E-state index in [0.29, 0.717) is 13.0 Å². The average molecular weight is 511 g/mol. The maximum atomic E-state index is 14.2. The number of carboxylic acids is 1. The third-order valence-corrected chi connectivity index (χ3v) is 7.74. The number of likely N-dealkylation sites (tertiary alicyclic amines) is 1. The Morgan fingerprint density at radius 3 is 2.13 bits per heavy atom. The van der Waals surface area contributed by atoms with Crippen molar-refractivity contribution in [3.63, 3.8) is 0 Å². The molecule has 5 rings (SSSR count). The summed E-state index contributed by atoms with van der Waals surface area (Å²) in [5, 5.41) is 10.4. The molecule has 0 aromatic heterocycles. The summed E-state index contributed by atoms with van der Waals surface area (Å²) in [6.45, 7) is 2.44. The van der Waals surface area contributed by atoms with Crippen LogP contribution in [0.5, 0.6) is 0 Å². The molecule has 3 aromatic carbocycles. The third-order valence-electron chi connectivity index (χ3n) is 7.74. The molecule has 0 spiro atoms. The smallest absolute Gasteiger partial charge is 0.328 e. The van der Waals surface area contributed by atoms with Crippen molar-refractivity contribution in [2.24, 2.45) is 0 Å². The average Bonchev–Trinajstić information content (AvgIpc) is 3.23. The number of hydrogen-bond donors (Lipinski definition) is 1. The highest BCUT2D eigenvalue weighted by molar-refractivity contribution is 5.91. The van der Waals surface area contributed by atoms with Crippen molar-refractivity contribution >= 4 is 11.9 Å². The van der Waals surface area contributed by atoms with Crippen LogP contribution in [0.15, 0.2) is 84.9 Å². The van der Waals surface area contributed by atoms with Crippen LogP contribution in [0.3, 0.4) is 0 Å². The fourth-order valence-corrected chi connectivity index (χ4v) is 6.07. The van der Waals surface area contributed by atoms with E-state index < -0.39 is 17.9 Å². The van der Waals surface area contributed by atoms with E-state index in [1.807, 2.05) is 60.7 Å². The second kappa shape index (κ2) is 11.2. The molecule has 4 atom stereocenters. The Kier molecular flexibility index (Phi) is 7.57. The standard InChI is InChI=1S/C32H31FN2O3/c1-22(9-8-10-23-15-17-26(33)18-16-23)35-27-19-20-28(35)30(32(37)38)34(21-27)31(36)29(24-11-4-2-5-12-24)25-13-6-3-7-14-25/h2-7,11-18,22,27-30H,9,19-21H2,1H3,(H,37,38)/t22?,27-,28+,30-/m0/s1. The van der Waals surface area contributed by atoms with Crippen molar-refractivity contribution in [2.75, 3.05) is 6.54 Å². The van der Waals surface area contributed by atoms with Crippen LogP contribution in [0.1, 0.15) is 48.8 Å². The van der Waals surface area contributed by atoms with Gasteiger partial charge in [0.15, 0.2) is 0 Å². The summed E-state index contributed by atoms with van der Waals surface area (Å²) in [5.74, 6) is 4.26. The summed E-state index contributed by atoms with van der Waals surface area (Å²) in [5.41, 5.74) is 2.45. The van der Waals surface area contributed by atoms with Crippen LogP contribution < -0.4 is 0 Å². The molecule has 194 valence electrons. The summed E-state index contributed by atoms with van der Waals surface area (Å²) in [4.78, 5) is 30.7. The zero-order valence-electron chi connectivity index (χ0n) is 21.3.